The number of unbranched alkanes of at least 4 members (excludes halogenated alkanes) is 6. The molecule has 30 heavy (non-hydrogen) atoms. The van der Waals surface area contributed by atoms with E-state index in [1.807, 2.05) is 21.1 Å². The first kappa shape index (κ1) is 28.8. The van der Waals surface area contributed by atoms with Gasteiger partial charge in [0.25, 0.3) is 0 Å². The average Bonchev–Trinajstić information content (AvgIpc) is 2.64. The molecule has 0 rings (SSSR count). The zero-order chi connectivity index (χ0) is 22.8. The van der Waals surface area contributed by atoms with Crippen molar-refractivity contribution in [2.75, 3.05) is 27.7 Å². The van der Waals surface area contributed by atoms with Crippen molar-refractivity contribution >= 4 is 5.97 Å². The highest BCUT2D eigenvalue weighted by atomic mass is 16.4. The fraction of sp³-hybridized carbons (Fsp3) is 0.800. The van der Waals surface area contributed by atoms with Crippen LogP contribution in [0.5, 0.6) is 0 Å². The molecule has 3 N–H and O–H groups in total. The molecule has 0 saturated carbocycles. The minimum atomic E-state index is -0.981. The number of quaternary nitrogens is 1. The van der Waals surface area contributed by atoms with Gasteiger partial charge in [0.1, 0.15) is 12.6 Å². The minimum Gasteiger partial charge on any atom is -0.481 e. The third-order valence-corrected chi connectivity index (χ3v) is 5.32. The van der Waals surface area contributed by atoms with Gasteiger partial charge in [-0.1, -0.05) is 56.9 Å². The number of carboxylic acid groups (broad SMARTS) is 1. The smallest absolute Gasteiger partial charge is 0.309 e. The Kier molecular flexibility index (Phi) is 16.8. The molecule has 0 aromatic rings. The molecule has 0 heterocycles. The van der Waals surface area contributed by atoms with Gasteiger partial charge < -0.3 is 19.8 Å². The van der Waals surface area contributed by atoms with Crippen molar-refractivity contribution < 1.29 is 24.6 Å². The summed E-state index contributed by atoms with van der Waals surface area (Å²) in [6.45, 7) is 2.61. The fourth-order valence-corrected chi connectivity index (χ4v) is 3.52. The first-order chi connectivity index (χ1) is 14.2. The minimum absolute atomic E-state index is 0.312. The fourth-order valence-electron chi connectivity index (χ4n) is 3.52. The van der Waals surface area contributed by atoms with Crippen LogP contribution in [0.15, 0.2) is 24.3 Å². The molecular formula is C25H48NO4+. The molecule has 0 amide bonds. The van der Waals surface area contributed by atoms with E-state index in [0.29, 0.717) is 30.3 Å². The predicted molar refractivity (Wildman–Crippen MR) is 125 cm³/mol. The molecule has 176 valence electrons. The topological polar surface area (TPSA) is 77.8 Å². The summed E-state index contributed by atoms with van der Waals surface area (Å²) in [4.78, 5) is 11.5. The van der Waals surface area contributed by atoms with Crippen LogP contribution in [0.4, 0.5) is 0 Å². The molecule has 3 atom stereocenters. The average molecular weight is 427 g/mol. The second-order valence-electron chi connectivity index (χ2n) is 9.53. The molecule has 0 spiro atoms. The Bertz CT molecular complexity index is 482. The quantitative estimate of drug-likeness (QED) is 0.155. The zero-order valence-corrected chi connectivity index (χ0v) is 19.9. The number of likely N-dealkylation sites (N-methyl/N-ethyl adjacent to an activating group) is 1. The molecule has 0 aliphatic heterocycles. The van der Waals surface area contributed by atoms with Crippen LogP contribution in [0.1, 0.15) is 84.0 Å². The van der Waals surface area contributed by atoms with E-state index < -0.39 is 24.1 Å². The van der Waals surface area contributed by atoms with E-state index in [9.17, 15) is 20.1 Å². The number of carbonyl (C=O) groups is 1. The van der Waals surface area contributed by atoms with Crippen LogP contribution in [0.3, 0.4) is 0 Å². The molecule has 0 fully saturated rings. The molecule has 0 bridgehead atoms. The number of nitrogens with zero attached hydrogens (tertiary/aromatic N) is 1. The van der Waals surface area contributed by atoms with Crippen molar-refractivity contribution in [3.8, 4) is 0 Å². The molecule has 0 aromatic carbocycles. The van der Waals surface area contributed by atoms with Crippen molar-refractivity contribution in [2.24, 2.45) is 5.92 Å². The monoisotopic (exact) mass is 426 g/mol. The molecule has 0 aliphatic rings. The number of allylic oxidation sites excluding steroid dienone is 4. The maximum Gasteiger partial charge on any atom is 0.309 e. The molecule has 5 nitrogen and oxygen atoms in total. The molecule has 0 aliphatic carbocycles. The third kappa shape index (κ3) is 17.7. The largest absolute Gasteiger partial charge is 0.481 e. The van der Waals surface area contributed by atoms with Gasteiger partial charge in [0.2, 0.25) is 0 Å². The van der Waals surface area contributed by atoms with Crippen molar-refractivity contribution in [3.05, 3.63) is 24.3 Å². The van der Waals surface area contributed by atoms with E-state index in [1.165, 1.54) is 25.7 Å². The zero-order valence-electron chi connectivity index (χ0n) is 19.9. The number of hydrogen-bond acceptors (Lipinski definition) is 3. The molecule has 0 saturated heterocycles. The van der Waals surface area contributed by atoms with Gasteiger partial charge in [0.15, 0.2) is 0 Å². The van der Waals surface area contributed by atoms with Crippen LogP contribution in [-0.2, 0) is 4.79 Å². The maximum absolute atomic E-state index is 11.5. The van der Waals surface area contributed by atoms with Gasteiger partial charge in [-0.25, -0.2) is 0 Å². The summed E-state index contributed by atoms with van der Waals surface area (Å²) in [5.74, 6) is -1.80. The lowest BCUT2D eigenvalue weighted by atomic mass is 9.93. The Balaban J connectivity index is 3.84. The normalized spacial score (nSPS) is 15.7. The van der Waals surface area contributed by atoms with Gasteiger partial charge in [-0.2, -0.15) is 0 Å². The van der Waals surface area contributed by atoms with Crippen LogP contribution < -0.4 is 0 Å². The van der Waals surface area contributed by atoms with E-state index >= 15 is 0 Å². The van der Waals surface area contributed by atoms with E-state index in [4.69, 9.17) is 0 Å². The summed E-state index contributed by atoms with van der Waals surface area (Å²) in [5.41, 5.74) is 0. The van der Waals surface area contributed by atoms with Crippen LogP contribution in [0.25, 0.3) is 0 Å². The van der Waals surface area contributed by atoms with Gasteiger partial charge in [0, 0.05) is 0 Å². The first-order valence-corrected chi connectivity index (χ1v) is 11.9. The standard InChI is InChI=1S/C25H47NO4/c1-5-6-7-8-9-10-11-12-13-14-15-16-17-18-22(27)19-20-23(25(29)30)24(28)21-26(2,3)4/h9-10,12-13,22-24,27-28H,5-8,11,14-21H2,1-4H3/p+1/b10-9-,13-12-. The maximum atomic E-state index is 11.5. The van der Waals surface area contributed by atoms with Crippen molar-refractivity contribution in [2.45, 2.75) is 96.2 Å². The van der Waals surface area contributed by atoms with E-state index in [0.717, 1.165) is 32.1 Å². The summed E-state index contributed by atoms with van der Waals surface area (Å²) in [6, 6.07) is 0. The third-order valence-electron chi connectivity index (χ3n) is 5.32. The Morgan fingerprint density at radius 1 is 0.833 bits per heavy atom. The highest BCUT2D eigenvalue weighted by Gasteiger charge is 2.30. The summed E-state index contributed by atoms with van der Waals surface area (Å²) < 4.78 is 0.511. The molecule has 0 radical (unpaired) electrons. The Morgan fingerprint density at radius 3 is 1.97 bits per heavy atom. The van der Waals surface area contributed by atoms with E-state index in [-0.39, 0.29) is 0 Å². The van der Waals surface area contributed by atoms with Crippen LogP contribution in [-0.4, -0.2) is 65.7 Å². The number of aliphatic hydroxyl groups excluding tert-OH is 2. The number of hydrogen-bond donors (Lipinski definition) is 3. The second kappa shape index (κ2) is 17.5. The van der Waals surface area contributed by atoms with Crippen molar-refractivity contribution in [1.29, 1.82) is 0 Å². The lowest BCUT2D eigenvalue weighted by molar-refractivity contribution is -0.874. The lowest BCUT2D eigenvalue weighted by Gasteiger charge is -2.29. The van der Waals surface area contributed by atoms with Gasteiger partial charge in [-0.3, -0.25) is 4.79 Å². The molecule has 0 aromatic heterocycles. The van der Waals surface area contributed by atoms with Crippen LogP contribution in [0, 0.1) is 5.92 Å². The number of aliphatic carboxylic acids is 1. The predicted octanol–water partition coefficient (Wildman–Crippen LogP) is 4.93. The summed E-state index contributed by atoms with van der Waals surface area (Å²) in [7, 11) is 5.78. The van der Waals surface area contributed by atoms with E-state index in [2.05, 4.69) is 31.2 Å². The summed E-state index contributed by atoms with van der Waals surface area (Å²) >= 11 is 0. The van der Waals surface area contributed by atoms with Gasteiger partial charge in [-0.15, -0.1) is 0 Å². The molecule has 5 heteroatoms. The first-order valence-electron chi connectivity index (χ1n) is 11.9. The highest BCUT2D eigenvalue weighted by molar-refractivity contribution is 5.70. The van der Waals surface area contributed by atoms with Crippen molar-refractivity contribution in [3.63, 3.8) is 0 Å². The summed E-state index contributed by atoms with van der Waals surface area (Å²) in [6.07, 6.45) is 19.3. The van der Waals surface area contributed by atoms with E-state index in [1.54, 1.807) is 0 Å². The summed E-state index contributed by atoms with van der Waals surface area (Å²) in [5, 5.41) is 29.8. The Morgan fingerprint density at radius 2 is 1.43 bits per heavy atom. The number of carboxylic acids is 1. The van der Waals surface area contributed by atoms with Gasteiger partial charge >= 0.3 is 5.97 Å². The number of rotatable bonds is 19. The van der Waals surface area contributed by atoms with Gasteiger partial charge in [0.05, 0.1) is 33.2 Å². The van der Waals surface area contributed by atoms with Gasteiger partial charge in [-0.05, 0) is 51.4 Å². The molecule has 3 unspecified atom stereocenters. The van der Waals surface area contributed by atoms with Crippen LogP contribution in [0.2, 0.25) is 0 Å². The van der Waals surface area contributed by atoms with Crippen molar-refractivity contribution in [1.82, 2.24) is 0 Å². The van der Waals surface area contributed by atoms with Crippen LogP contribution >= 0.6 is 0 Å². The SMILES string of the molecule is CCCCC/C=C\C/C=C\CCCCCC(O)CCC(C(=O)O)C(O)C[N+](C)(C)C. The Hall–Kier alpha value is -1.17. The Labute approximate surface area is 185 Å². The second-order valence-corrected chi connectivity index (χ2v) is 9.53. The highest BCUT2D eigenvalue weighted by Crippen LogP contribution is 2.18. The lowest BCUT2D eigenvalue weighted by Crippen LogP contribution is -2.45. The number of aliphatic hydroxyl groups is 2. The molecular weight excluding hydrogens is 378 g/mol.